The second-order valence-corrected chi connectivity index (χ2v) is 10.1. The van der Waals surface area contributed by atoms with E-state index in [1.807, 2.05) is 14.2 Å². The number of piperidine rings is 1. The lowest BCUT2D eigenvalue weighted by Crippen LogP contribution is -2.53. The first kappa shape index (κ1) is 19.2. The van der Waals surface area contributed by atoms with Gasteiger partial charge >= 0.3 is 0 Å². The lowest BCUT2D eigenvalue weighted by atomic mass is 9.61. The van der Waals surface area contributed by atoms with Crippen molar-refractivity contribution in [3.8, 4) is 0 Å². The Labute approximate surface area is 161 Å². The number of hydrogen-bond donors (Lipinski definition) is 0. The van der Waals surface area contributed by atoms with Gasteiger partial charge in [0.2, 0.25) is 0 Å². The maximum Gasteiger partial charge on any atom is 0.0835 e. The largest absolute Gasteiger partial charge is 0.379 e. The fourth-order valence-electron chi connectivity index (χ4n) is 7.43. The zero-order valence-corrected chi connectivity index (χ0v) is 17.5. The Balaban J connectivity index is 1.53. The molecule has 150 valence electrons. The van der Waals surface area contributed by atoms with E-state index in [2.05, 4.69) is 18.9 Å². The summed E-state index contributed by atoms with van der Waals surface area (Å²) >= 11 is 0. The minimum absolute atomic E-state index is 0.301. The molecule has 2 saturated heterocycles. The van der Waals surface area contributed by atoms with Crippen LogP contribution in [0.2, 0.25) is 0 Å². The third-order valence-corrected chi connectivity index (χ3v) is 8.97. The molecule has 2 saturated carbocycles. The molecule has 2 aliphatic carbocycles. The Morgan fingerprint density at radius 3 is 2.12 bits per heavy atom. The summed E-state index contributed by atoms with van der Waals surface area (Å²) in [5.74, 6) is 4.66. The quantitative estimate of drug-likeness (QED) is 0.720. The molecule has 0 aromatic rings. The van der Waals surface area contributed by atoms with E-state index in [1.54, 1.807) is 0 Å². The predicted molar refractivity (Wildman–Crippen MR) is 106 cm³/mol. The third kappa shape index (κ3) is 3.49. The second-order valence-electron chi connectivity index (χ2n) is 10.1. The summed E-state index contributed by atoms with van der Waals surface area (Å²) in [5, 5.41) is 0. The Morgan fingerprint density at radius 1 is 0.731 bits per heavy atom. The van der Waals surface area contributed by atoms with Crippen molar-refractivity contribution in [2.24, 2.45) is 29.6 Å². The van der Waals surface area contributed by atoms with Gasteiger partial charge < -0.3 is 14.4 Å². The van der Waals surface area contributed by atoms with E-state index < -0.39 is 0 Å². The van der Waals surface area contributed by atoms with Gasteiger partial charge in [0, 0.05) is 26.3 Å². The van der Waals surface area contributed by atoms with Crippen LogP contribution >= 0.6 is 0 Å². The number of rotatable bonds is 4. The molecule has 4 rings (SSSR count). The standard InChI is InChI=1S/C23H41NO2/c1-15-5-7-16(8-6-15)19-14-18-10-11-20(24(18)2)23(19)17-9-12-21(25-3)22(13-17)26-4/h15-23H,5-14H2,1-4H3/t15?,16?,17?,18-,19-,20?,21?,22?,23+/m1/s1. The fourth-order valence-corrected chi connectivity index (χ4v) is 7.43. The number of ether oxygens (including phenoxy) is 2. The first-order valence-corrected chi connectivity index (χ1v) is 11.4. The van der Waals surface area contributed by atoms with Crippen LogP contribution in [-0.2, 0) is 9.47 Å². The maximum absolute atomic E-state index is 5.88. The molecule has 0 spiro atoms. The minimum Gasteiger partial charge on any atom is -0.379 e. The highest BCUT2D eigenvalue weighted by molar-refractivity contribution is 5.04. The fraction of sp³-hybridized carbons (Fsp3) is 1.00. The van der Waals surface area contributed by atoms with Crippen LogP contribution in [0.15, 0.2) is 0 Å². The molecular weight excluding hydrogens is 322 g/mol. The molecule has 0 aromatic heterocycles. The van der Waals surface area contributed by atoms with Crippen molar-refractivity contribution in [3.05, 3.63) is 0 Å². The lowest BCUT2D eigenvalue weighted by Gasteiger charge is -2.52. The van der Waals surface area contributed by atoms with Crippen molar-refractivity contribution < 1.29 is 9.47 Å². The normalized spacial score (nSPS) is 50.1. The van der Waals surface area contributed by atoms with Crippen molar-refractivity contribution in [1.29, 1.82) is 0 Å². The van der Waals surface area contributed by atoms with Gasteiger partial charge in [0.25, 0.3) is 0 Å². The molecule has 3 heteroatoms. The van der Waals surface area contributed by atoms with Crippen molar-refractivity contribution in [3.63, 3.8) is 0 Å². The third-order valence-electron chi connectivity index (χ3n) is 8.97. The van der Waals surface area contributed by atoms with Crippen molar-refractivity contribution in [2.75, 3.05) is 21.3 Å². The Morgan fingerprint density at radius 2 is 1.42 bits per heavy atom. The SMILES string of the molecule is COC1CCC([C@@H]2C3CC[C@H](C[C@@H]2C2CCC(C)CC2)N3C)CC1OC. The lowest BCUT2D eigenvalue weighted by molar-refractivity contribution is -0.0968. The van der Waals surface area contributed by atoms with Crippen LogP contribution in [0.4, 0.5) is 0 Å². The Kier molecular flexibility index (Phi) is 5.98. The van der Waals surface area contributed by atoms with Gasteiger partial charge in [-0.1, -0.05) is 19.8 Å². The summed E-state index contributed by atoms with van der Waals surface area (Å²) in [6, 6.07) is 1.70. The van der Waals surface area contributed by atoms with Gasteiger partial charge in [0.1, 0.15) is 0 Å². The summed E-state index contributed by atoms with van der Waals surface area (Å²) in [5.41, 5.74) is 0. The van der Waals surface area contributed by atoms with E-state index in [9.17, 15) is 0 Å². The molecule has 2 heterocycles. The molecule has 4 fully saturated rings. The molecule has 4 aliphatic rings. The zero-order chi connectivity index (χ0) is 18.3. The van der Waals surface area contributed by atoms with Crippen LogP contribution < -0.4 is 0 Å². The number of nitrogens with zero attached hydrogens (tertiary/aromatic N) is 1. The number of fused-ring (bicyclic) bond motifs is 2. The number of hydrogen-bond acceptors (Lipinski definition) is 3. The summed E-state index contributed by atoms with van der Waals surface area (Å²) in [6.45, 7) is 2.46. The van der Waals surface area contributed by atoms with Crippen LogP contribution in [0.3, 0.4) is 0 Å². The summed E-state index contributed by atoms with van der Waals surface area (Å²) in [6.07, 6.45) is 14.6. The highest BCUT2D eigenvalue weighted by Crippen LogP contribution is 2.53. The van der Waals surface area contributed by atoms with Crippen molar-refractivity contribution in [2.45, 2.75) is 95.4 Å². The highest BCUT2D eigenvalue weighted by atomic mass is 16.5. The van der Waals surface area contributed by atoms with Gasteiger partial charge in [0.05, 0.1) is 12.2 Å². The average Bonchev–Trinajstić information content (AvgIpc) is 2.90. The van der Waals surface area contributed by atoms with Gasteiger partial charge in [0.15, 0.2) is 0 Å². The molecule has 4 unspecified atom stereocenters. The number of methoxy groups -OCH3 is 2. The van der Waals surface area contributed by atoms with Gasteiger partial charge in [-0.25, -0.2) is 0 Å². The molecule has 0 radical (unpaired) electrons. The van der Waals surface area contributed by atoms with E-state index in [1.165, 1.54) is 64.2 Å². The molecule has 26 heavy (non-hydrogen) atoms. The monoisotopic (exact) mass is 363 g/mol. The van der Waals surface area contributed by atoms with Crippen LogP contribution in [-0.4, -0.2) is 50.5 Å². The zero-order valence-electron chi connectivity index (χ0n) is 17.5. The molecule has 3 nitrogen and oxygen atoms in total. The molecular formula is C23H41NO2. The first-order chi connectivity index (χ1) is 12.6. The van der Waals surface area contributed by atoms with E-state index in [4.69, 9.17) is 9.47 Å². The smallest absolute Gasteiger partial charge is 0.0835 e. The molecule has 2 bridgehead atoms. The van der Waals surface area contributed by atoms with Gasteiger partial charge in [-0.05, 0) is 88.0 Å². The second kappa shape index (κ2) is 8.09. The van der Waals surface area contributed by atoms with E-state index >= 15 is 0 Å². The van der Waals surface area contributed by atoms with Crippen molar-refractivity contribution in [1.82, 2.24) is 4.90 Å². The molecule has 2 aliphatic heterocycles. The molecule has 7 atom stereocenters. The van der Waals surface area contributed by atoms with E-state index in [0.717, 1.165) is 41.7 Å². The van der Waals surface area contributed by atoms with E-state index in [0.29, 0.717) is 12.2 Å². The summed E-state index contributed by atoms with van der Waals surface area (Å²) < 4.78 is 11.6. The maximum atomic E-state index is 5.88. The van der Waals surface area contributed by atoms with Crippen LogP contribution in [0, 0.1) is 29.6 Å². The average molecular weight is 364 g/mol. The topological polar surface area (TPSA) is 21.7 Å². The van der Waals surface area contributed by atoms with E-state index in [-0.39, 0.29) is 0 Å². The molecule has 0 N–H and O–H groups in total. The van der Waals surface area contributed by atoms with Crippen LogP contribution in [0.1, 0.15) is 71.1 Å². The minimum atomic E-state index is 0.301. The molecule has 0 aromatic carbocycles. The Bertz CT molecular complexity index is 461. The van der Waals surface area contributed by atoms with Gasteiger partial charge in [-0.15, -0.1) is 0 Å². The van der Waals surface area contributed by atoms with Gasteiger partial charge in [-0.2, -0.15) is 0 Å². The van der Waals surface area contributed by atoms with Crippen LogP contribution in [0.25, 0.3) is 0 Å². The first-order valence-electron chi connectivity index (χ1n) is 11.4. The molecule has 0 amide bonds. The predicted octanol–water partition coefficient (Wildman–Crippen LogP) is 4.74. The van der Waals surface area contributed by atoms with Crippen LogP contribution in [0.5, 0.6) is 0 Å². The summed E-state index contributed by atoms with van der Waals surface area (Å²) in [4.78, 5) is 2.77. The summed E-state index contributed by atoms with van der Waals surface area (Å²) in [7, 11) is 6.17. The van der Waals surface area contributed by atoms with Gasteiger partial charge in [-0.3, -0.25) is 0 Å². The van der Waals surface area contributed by atoms with Crippen molar-refractivity contribution >= 4 is 0 Å². The Hall–Kier alpha value is -0.120. The highest BCUT2D eigenvalue weighted by Gasteiger charge is 2.51.